The summed E-state index contributed by atoms with van der Waals surface area (Å²) in [5.74, 6) is 0. The SMILES string of the molecule is CCCCCCCCCCc1ccc2c(c1)[nH]c1ccc(Cl)cc12. The van der Waals surface area contributed by atoms with Crippen molar-refractivity contribution in [2.75, 3.05) is 0 Å². The fraction of sp³-hybridized carbons (Fsp3) is 0.455. The van der Waals surface area contributed by atoms with Crippen LogP contribution in [0.2, 0.25) is 5.02 Å². The molecule has 2 aromatic carbocycles. The van der Waals surface area contributed by atoms with Gasteiger partial charge in [-0.2, -0.15) is 0 Å². The van der Waals surface area contributed by atoms with Gasteiger partial charge in [-0.25, -0.2) is 0 Å². The Labute approximate surface area is 150 Å². The van der Waals surface area contributed by atoms with E-state index in [9.17, 15) is 0 Å². The van der Waals surface area contributed by atoms with Gasteiger partial charge in [0.25, 0.3) is 0 Å². The van der Waals surface area contributed by atoms with Crippen LogP contribution in [0.3, 0.4) is 0 Å². The van der Waals surface area contributed by atoms with Gasteiger partial charge in [0.2, 0.25) is 0 Å². The maximum Gasteiger partial charge on any atom is 0.0467 e. The lowest BCUT2D eigenvalue weighted by Gasteiger charge is -2.03. The number of unbranched alkanes of at least 4 members (excludes halogenated alkanes) is 7. The van der Waals surface area contributed by atoms with Crippen molar-refractivity contribution in [1.82, 2.24) is 4.98 Å². The predicted molar refractivity (Wildman–Crippen MR) is 107 cm³/mol. The van der Waals surface area contributed by atoms with Crippen LogP contribution in [0.25, 0.3) is 21.8 Å². The summed E-state index contributed by atoms with van der Waals surface area (Å²) < 4.78 is 0. The molecule has 0 radical (unpaired) electrons. The van der Waals surface area contributed by atoms with Gasteiger partial charge < -0.3 is 4.98 Å². The summed E-state index contributed by atoms with van der Waals surface area (Å²) in [4.78, 5) is 3.52. The van der Waals surface area contributed by atoms with Gasteiger partial charge in [0.15, 0.2) is 0 Å². The first kappa shape index (κ1) is 17.4. The molecule has 0 bridgehead atoms. The van der Waals surface area contributed by atoms with E-state index in [1.54, 1.807) is 0 Å². The normalized spacial score (nSPS) is 11.6. The number of H-pyrrole nitrogens is 1. The standard InChI is InChI=1S/C22H28ClN/c1-2-3-4-5-6-7-8-9-10-17-11-13-19-20-16-18(23)12-14-21(20)24-22(19)15-17/h11-16,24H,2-10H2,1H3. The maximum atomic E-state index is 6.13. The molecule has 2 heteroatoms. The number of hydrogen-bond donors (Lipinski definition) is 1. The molecule has 3 aromatic rings. The molecule has 128 valence electrons. The Morgan fingerprint density at radius 2 is 1.50 bits per heavy atom. The highest BCUT2D eigenvalue weighted by Crippen LogP contribution is 2.28. The predicted octanol–water partition coefficient (Wildman–Crippen LogP) is 7.66. The summed E-state index contributed by atoms with van der Waals surface area (Å²) >= 11 is 6.13. The van der Waals surface area contributed by atoms with Crippen molar-refractivity contribution in [2.45, 2.75) is 64.7 Å². The highest BCUT2D eigenvalue weighted by molar-refractivity contribution is 6.31. The molecule has 0 amide bonds. The summed E-state index contributed by atoms with van der Waals surface area (Å²) in [5.41, 5.74) is 3.83. The number of halogens is 1. The third-order valence-corrected chi connectivity index (χ3v) is 5.18. The van der Waals surface area contributed by atoms with Gasteiger partial charge in [0, 0.05) is 26.8 Å². The van der Waals surface area contributed by atoms with E-state index in [0.29, 0.717) is 0 Å². The maximum absolute atomic E-state index is 6.13. The van der Waals surface area contributed by atoms with Crippen LogP contribution in [-0.4, -0.2) is 4.98 Å². The number of aryl methyl sites for hydroxylation is 1. The molecule has 24 heavy (non-hydrogen) atoms. The second kappa shape index (κ2) is 8.58. The molecule has 0 aliphatic rings. The van der Waals surface area contributed by atoms with Crippen molar-refractivity contribution in [3.63, 3.8) is 0 Å². The Hall–Kier alpha value is -1.47. The molecule has 3 rings (SSSR count). The Bertz CT molecular complexity index is 787. The molecule has 0 saturated carbocycles. The van der Waals surface area contributed by atoms with Crippen molar-refractivity contribution in [2.24, 2.45) is 0 Å². The molecule has 0 atom stereocenters. The summed E-state index contributed by atoms with van der Waals surface area (Å²) in [6.07, 6.45) is 12.2. The van der Waals surface area contributed by atoms with Gasteiger partial charge in [0.05, 0.1) is 0 Å². The Morgan fingerprint density at radius 1 is 0.750 bits per heavy atom. The average Bonchev–Trinajstić information content (AvgIpc) is 2.94. The van der Waals surface area contributed by atoms with Crippen molar-refractivity contribution in [3.8, 4) is 0 Å². The topological polar surface area (TPSA) is 15.8 Å². The van der Waals surface area contributed by atoms with Crippen LogP contribution in [0.1, 0.15) is 63.9 Å². The summed E-state index contributed by atoms with van der Waals surface area (Å²) in [6.45, 7) is 2.28. The molecule has 0 fully saturated rings. The summed E-state index contributed by atoms with van der Waals surface area (Å²) in [5, 5.41) is 3.29. The van der Waals surface area contributed by atoms with E-state index in [0.717, 1.165) is 5.02 Å². The van der Waals surface area contributed by atoms with Crippen LogP contribution in [-0.2, 0) is 6.42 Å². The van der Waals surface area contributed by atoms with Crippen molar-refractivity contribution in [3.05, 3.63) is 47.0 Å². The smallest absolute Gasteiger partial charge is 0.0467 e. The van der Waals surface area contributed by atoms with Crippen LogP contribution in [0.15, 0.2) is 36.4 Å². The third-order valence-electron chi connectivity index (χ3n) is 4.94. The molecule has 1 nitrogen and oxygen atoms in total. The fourth-order valence-electron chi connectivity index (χ4n) is 3.54. The van der Waals surface area contributed by atoms with Crippen LogP contribution in [0.5, 0.6) is 0 Å². The molecule has 0 saturated heterocycles. The van der Waals surface area contributed by atoms with E-state index in [1.807, 2.05) is 12.1 Å². The lowest BCUT2D eigenvalue weighted by atomic mass is 10.0. The largest absolute Gasteiger partial charge is 0.355 e. The zero-order chi connectivity index (χ0) is 16.8. The van der Waals surface area contributed by atoms with Gasteiger partial charge in [-0.1, -0.05) is 75.6 Å². The van der Waals surface area contributed by atoms with Gasteiger partial charge in [-0.15, -0.1) is 0 Å². The molecular weight excluding hydrogens is 314 g/mol. The minimum atomic E-state index is 0.798. The Balaban J connectivity index is 1.53. The first-order chi connectivity index (χ1) is 11.8. The molecule has 0 aliphatic heterocycles. The summed E-state index contributed by atoms with van der Waals surface area (Å²) in [6, 6.07) is 12.9. The van der Waals surface area contributed by atoms with E-state index < -0.39 is 0 Å². The minimum Gasteiger partial charge on any atom is -0.355 e. The Morgan fingerprint density at radius 3 is 2.29 bits per heavy atom. The number of fused-ring (bicyclic) bond motifs is 3. The van der Waals surface area contributed by atoms with Crippen molar-refractivity contribution in [1.29, 1.82) is 0 Å². The van der Waals surface area contributed by atoms with E-state index in [1.165, 1.54) is 85.2 Å². The van der Waals surface area contributed by atoms with E-state index >= 15 is 0 Å². The van der Waals surface area contributed by atoms with Gasteiger partial charge in [-0.3, -0.25) is 0 Å². The zero-order valence-electron chi connectivity index (χ0n) is 14.7. The van der Waals surface area contributed by atoms with Crippen LogP contribution in [0.4, 0.5) is 0 Å². The monoisotopic (exact) mass is 341 g/mol. The number of rotatable bonds is 9. The average molecular weight is 342 g/mol. The number of aromatic amines is 1. The highest BCUT2D eigenvalue weighted by Gasteiger charge is 2.05. The molecule has 1 aromatic heterocycles. The number of benzene rings is 2. The molecule has 0 unspecified atom stereocenters. The molecule has 0 spiro atoms. The number of hydrogen-bond acceptors (Lipinski definition) is 0. The summed E-state index contributed by atoms with van der Waals surface area (Å²) in [7, 11) is 0. The lowest BCUT2D eigenvalue weighted by Crippen LogP contribution is -1.86. The fourth-order valence-corrected chi connectivity index (χ4v) is 3.71. The van der Waals surface area contributed by atoms with E-state index in [2.05, 4.69) is 36.2 Å². The highest BCUT2D eigenvalue weighted by atomic mass is 35.5. The molecular formula is C22H28ClN. The zero-order valence-corrected chi connectivity index (χ0v) is 15.5. The van der Waals surface area contributed by atoms with Crippen LogP contribution < -0.4 is 0 Å². The van der Waals surface area contributed by atoms with Crippen LogP contribution in [0, 0.1) is 0 Å². The molecule has 1 heterocycles. The minimum absolute atomic E-state index is 0.798. The number of aromatic nitrogens is 1. The van der Waals surface area contributed by atoms with Gasteiger partial charge in [0.1, 0.15) is 0 Å². The second-order valence-electron chi connectivity index (χ2n) is 6.92. The van der Waals surface area contributed by atoms with Crippen molar-refractivity contribution >= 4 is 33.4 Å². The first-order valence-electron chi connectivity index (χ1n) is 9.48. The lowest BCUT2D eigenvalue weighted by molar-refractivity contribution is 0.575. The van der Waals surface area contributed by atoms with E-state index in [4.69, 9.17) is 11.6 Å². The molecule has 0 aliphatic carbocycles. The number of nitrogens with one attached hydrogen (secondary N) is 1. The van der Waals surface area contributed by atoms with E-state index in [-0.39, 0.29) is 0 Å². The second-order valence-corrected chi connectivity index (χ2v) is 7.36. The first-order valence-corrected chi connectivity index (χ1v) is 9.85. The van der Waals surface area contributed by atoms with Gasteiger partial charge in [-0.05, 0) is 42.7 Å². The Kier molecular flexibility index (Phi) is 6.20. The quantitative estimate of drug-likeness (QED) is 0.384. The molecule has 1 N–H and O–H groups in total. The van der Waals surface area contributed by atoms with Crippen LogP contribution >= 0.6 is 11.6 Å². The van der Waals surface area contributed by atoms with Gasteiger partial charge >= 0.3 is 0 Å². The third kappa shape index (κ3) is 4.33. The van der Waals surface area contributed by atoms with Crippen molar-refractivity contribution < 1.29 is 0 Å².